The lowest BCUT2D eigenvalue weighted by Crippen LogP contribution is -2.17. The summed E-state index contributed by atoms with van der Waals surface area (Å²) in [6.45, 7) is 5.43. The zero-order chi connectivity index (χ0) is 12.5. The van der Waals surface area contributed by atoms with E-state index in [9.17, 15) is 8.42 Å². The van der Waals surface area contributed by atoms with Gasteiger partial charge in [0.2, 0.25) is 0 Å². The molecule has 1 aromatic carbocycles. The number of nitrogens with one attached hydrogen (secondary N) is 1. The predicted molar refractivity (Wildman–Crippen MR) is 66.6 cm³/mol. The second-order valence-corrected chi connectivity index (χ2v) is 5.20. The van der Waals surface area contributed by atoms with Gasteiger partial charge in [0.05, 0.1) is 0 Å². The highest BCUT2D eigenvalue weighted by molar-refractivity contribution is 7.90. The molecular formula is C11H11N3O2S. The fourth-order valence-electron chi connectivity index (χ4n) is 1.39. The number of benzene rings is 1. The van der Waals surface area contributed by atoms with E-state index in [2.05, 4.69) is 21.5 Å². The molecule has 17 heavy (non-hydrogen) atoms. The van der Waals surface area contributed by atoms with Crippen molar-refractivity contribution < 1.29 is 8.42 Å². The molecule has 0 unspecified atom stereocenters. The van der Waals surface area contributed by atoms with Crippen molar-refractivity contribution in [3.63, 3.8) is 0 Å². The van der Waals surface area contributed by atoms with Crippen LogP contribution in [0.1, 0.15) is 12.5 Å². The maximum atomic E-state index is 11.7. The first kappa shape index (κ1) is 11.5. The normalized spacial score (nSPS) is 16.6. The van der Waals surface area contributed by atoms with Crippen LogP contribution in [-0.2, 0) is 10.0 Å². The smallest absolute Gasteiger partial charge is 0.260 e. The van der Waals surface area contributed by atoms with Crippen LogP contribution < -0.4 is 5.43 Å². The topological polar surface area (TPSA) is 70.9 Å². The van der Waals surface area contributed by atoms with Crippen molar-refractivity contribution in [2.45, 2.75) is 11.8 Å². The van der Waals surface area contributed by atoms with Gasteiger partial charge < -0.3 is 0 Å². The number of sulfonamides is 1. The lowest BCUT2D eigenvalue weighted by Gasteiger charge is -1.99. The predicted octanol–water partition coefficient (Wildman–Crippen LogP) is 1.29. The Kier molecular flexibility index (Phi) is 2.81. The lowest BCUT2D eigenvalue weighted by molar-refractivity contribution is 0.599. The Morgan fingerprint density at radius 3 is 2.88 bits per heavy atom. The van der Waals surface area contributed by atoms with Crippen molar-refractivity contribution >= 4 is 22.1 Å². The first-order valence-electron chi connectivity index (χ1n) is 4.90. The Labute approximate surface area is 99.6 Å². The number of hydrogen-bond donors (Lipinski definition) is 1. The first-order chi connectivity index (χ1) is 8.00. The van der Waals surface area contributed by atoms with E-state index in [0.29, 0.717) is 5.56 Å². The molecule has 0 atom stereocenters. The summed E-state index contributed by atoms with van der Waals surface area (Å²) in [5.74, 6) is 0.234. The van der Waals surface area contributed by atoms with Crippen LogP contribution in [0.15, 0.2) is 50.8 Å². The number of allylic oxidation sites excluding steroid dienone is 1. The highest BCUT2D eigenvalue weighted by Crippen LogP contribution is 2.24. The van der Waals surface area contributed by atoms with E-state index in [-0.39, 0.29) is 10.7 Å². The van der Waals surface area contributed by atoms with Gasteiger partial charge in [-0.05, 0) is 24.6 Å². The van der Waals surface area contributed by atoms with Crippen LogP contribution in [0, 0.1) is 0 Å². The molecule has 0 fully saturated rings. The van der Waals surface area contributed by atoms with Gasteiger partial charge in [-0.1, -0.05) is 18.7 Å². The zero-order valence-corrected chi connectivity index (χ0v) is 10.0. The molecule has 0 aromatic heterocycles. The molecule has 0 bridgehead atoms. The second kappa shape index (κ2) is 4.14. The number of hydrazone groups is 1. The molecule has 0 aliphatic carbocycles. The Hall–Kier alpha value is -1.95. The summed E-state index contributed by atoms with van der Waals surface area (Å²) in [6, 6.07) is 6.61. The maximum Gasteiger partial charge on any atom is 0.285 e. The Morgan fingerprint density at radius 1 is 1.47 bits per heavy atom. The van der Waals surface area contributed by atoms with Crippen LogP contribution in [0.25, 0.3) is 0 Å². The summed E-state index contributed by atoms with van der Waals surface area (Å²) in [5.41, 5.74) is 3.89. The van der Waals surface area contributed by atoms with Crippen molar-refractivity contribution in [2.24, 2.45) is 9.50 Å². The minimum atomic E-state index is -3.58. The molecule has 0 radical (unpaired) electrons. The summed E-state index contributed by atoms with van der Waals surface area (Å²) < 4.78 is 26.9. The molecule has 1 aromatic rings. The van der Waals surface area contributed by atoms with E-state index < -0.39 is 10.0 Å². The minimum absolute atomic E-state index is 0.202. The fraction of sp³-hybridized carbons (Fsp3) is 0.0909. The van der Waals surface area contributed by atoms with Crippen molar-refractivity contribution in [1.82, 2.24) is 5.43 Å². The van der Waals surface area contributed by atoms with Gasteiger partial charge in [-0.3, -0.25) is 5.43 Å². The maximum absolute atomic E-state index is 11.7. The van der Waals surface area contributed by atoms with Crippen molar-refractivity contribution in [3.05, 3.63) is 42.0 Å². The average Bonchev–Trinajstić information content (AvgIpc) is 2.51. The second-order valence-electron chi connectivity index (χ2n) is 3.63. The van der Waals surface area contributed by atoms with Gasteiger partial charge in [-0.15, -0.1) is 4.40 Å². The molecule has 88 valence electrons. The molecule has 0 saturated carbocycles. The molecule has 6 heteroatoms. The Balaban J connectivity index is 2.35. The van der Waals surface area contributed by atoms with E-state index in [0.717, 1.165) is 5.57 Å². The average molecular weight is 249 g/mol. The van der Waals surface area contributed by atoms with Gasteiger partial charge in [0.1, 0.15) is 4.90 Å². The van der Waals surface area contributed by atoms with Crippen molar-refractivity contribution in [2.75, 3.05) is 0 Å². The van der Waals surface area contributed by atoms with E-state index in [1.54, 1.807) is 25.1 Å². The summed E-state index contributed by atoms with van der Waals surface area (Å²) in [6.07, 6.45) is 1.50. The third-order valence-corrected chi connectivity index (χ3v) is 3.42. The lowest BCUT2D eigenvalue weighted by atomic mass is 10.2. The Morgan fingerprint density at radius 2 is 2.18 bits per heavy atom. The number of fused-ring (bicyclic) bond motifs is 1. The van der Waals surface area contributed by atoms with Gasteiger partial charge in [0, 0.05) is 11.8 Å². The summed E-state index contributed by atoms with van der Waals surface area (Å²) >= 11 is 0. The van der Waals surface area contributed by atoms with Crippen molar-refractivity contribution in [1.29, 1.82) is 0 Å². The standard InChI is InChI=1S/C11H11N3O2S/c1-8(2)7-12-13-11-9-5-3-4-6-10(9)17(15,16)14-11/h3-7H,1H2,2H3,(H,13,14)/b12-7+. The first-order valence-corrected chi connectivity index (χ1v) is 6.34. The molecule has 0 amide bonds. The van der Waals surface area contributed by atoms with Crippen molar-refractivity contribution in [3.8, 4) is 0 Å². The zero-order valence-electron chi connectivity index (χ0n) is 9.21. The monoisotopic (exact) mass is 249 g/mol. The molecule has 1 aliphatic heterocycles. The third-order valence-electron chi connectivity index (χ3n) is 2.09. The molecular weight excluding hydrogens is 238 g/mol. The van der Waals surface area contributed by atoms with E-state index in [1.165, 1.54) is 12.3 Å². The quantitative estimate of drug-likeness (QED) is 0.634. The SMILES string of the molecule is C=C(C)/C=N/NC1=NS(=O)(=O)c2ccccc21. The number of rotatable bonds is 2. The van der Waals surface area contributed by atoms with Gasteiger partial charge in [0.15, 0.2) is 5.84 Å². The van der Waals surface area contributed by atoms with E-state index >= 15 is 0 Å². The van der Waals surface area contributed by atoms with Gasteiger partial charge in [0.25, 0.3) is 10.0 Å². The third kappa shape index (κ3) is 2.26. The van der Waals surface area contributed by atoms with Crippen LogP contribution in [0.5, 0.6) is 0 Å². The van der Waals surface area contributed by atoms with E-state index in [4.69, 9.17) is 0 Å². The highest BCUT2D eigenvalue weighted by Gasteiger charge is 2.27. The van der Waals surface area contributed by atoms with Crippen LogP contribution in [0.2, 0.25) is 0 Å². The number of amidine groups is 1. The van der Waals surface area contributed by atoms with Crippen LogP contribution in [0.3, 0.4) is 0 Å². The molecule has 1 aliphatic rings. The number of nitrogens with zero attached hydrogens (tertiary/aromatic N) is 2. The molecule has 0 saturated heterocycles. The molecule has 0 spiro atoms. The Bertz CT molecular complexity index is 630. The van der Waals surface area contributed by atoms with Crippen LogP contribution in [0.4, 0.5) is 0 Å². The van der Waals surface area contributed by atoms with E-state index in [1.807, 2.05) is 0 Å². The summed E-state index contributed by atoms with van der Waals surface area (Å²) in [7, 11) is -3.58. The molecule has 5 nitrogen and oxygen atoms in total. The van der Waals surface area contributed by atoms with Gasteiger partial charge >= 0.3 is 0 Å². The molecule has 2 rings (SSSR count). The minimum Gasteiger partial charge on any atom is -0.260 e. The fourth-order valence-corrected chi connectivity index (χ4v) is 2.56. The molecule has 1 heterocycles. The van der Waals surface area contributed by atoms with Gasteiger partial charge in [-0.2, -0.15) is 13.5 Å². The largest absolute Gasteiger partial charge is 0.285 e. The number of hydrogen-bond acceptors (Lipinski definition) is 4. The van der Waals surface area contributed by atoms with Gasteiger partial charge in [-0.25, -0.2) is 0 Å². The van der Waals surface area contributed by atoms with Crippen LogP contribution >= 0.6 is 0 Å². The van der Waals surface area contributed by atoms with Crippen LogP contribution in [-0.4, -0.2) is 20.5 Å². The highest BCUT2D eigenvalue weighted by atomic mass is 32.2. The molecule has 1 N–H and O–H groups in total. The summed E-state index contributed by atoms with van der Waals surface area (Å²) in [4.78, 5) is 0.202. The summed E-state index contributed by atoms with van der Waals surface area (Å²) in [5, 5.41) is 3.85.